The maximum absolute atomic E-state index is 11.4. The Labute approximate surface area is 93.6 Å². The van der Waals surface area contributed by atoms with E-state index in [0.29, 0.717) is 6.42 Å². The summed E-state index contributed by atoms with van der Waals surface area (Å²) in [5.41, 5.74) is 5.10. The maximum Gasteiger partial charge on any atom is 0.328 e. The van der Waals surface area contributed by atoms with E-state index in [4.69, 9.17) is 22.1 Å². The number of alkyl halides is 1. The van der Waals surface area contributed by atoms with Crippen molar-refractivity contribution < 1.29 is 14.3 Å². The second-order valence-corrected chi connectivity index (χ2v) is 3.10. The van der Waals surface area contributed by atoms with Gasteiger partial charge in [-0.05, 0) is 6.42 Å². The standard InChI is InChI=1S/C9H15ClN2O3/c1-2-5-15-9(14)7(3-4-10)12-8(13)6-11/h2,7H,1,3-6,11H2,(H,12,13). The van der Waals surface area contributed by atoms with Crippen LogP contribution in [0.2, 0.25) is 0 Å². The highest BCUT2D eigenvalue weighted by molar-refractivity contribution is 6.18. The fourth-order valence-corrected chi connectivity index (χ4v) is 1.07. The Morgan fingerprint density at radius 2 is 2.27 bits per heavy atom. The molecular formula is C9H15ClN2O3. The van der Waals surface area contributed by atoms with E-state index in [0.717, 1.165) is 0 Å². The normalized spacial score (nSPS) is 11.6. The SMILES string of the molecule is C=CCOC(=O)C(CCCl)NC(=O)CN. The summed E-state index contributed by atoms with van der Waals surface area (Å²) in [6, 6.07) is -0.738. The van der Waals surface area contributed by atoms with Crippen molar-refractivity contribution in [3.05, 3.63) is 12.7 Å². The Kier molecular flexibility index (Phi) is 7.67. The highest BCUT2D eigenvalue weighted by Gasteiger charge is 2.20. The number of ether oxygens (including phenoxy) is 1. The van der Waals surface area contributed by atoms with Crippen LogP contribution >= 0.6 is 11.6 Å². The lowest BCUT2D eigenvalue weighted by Gasteiger charge is -2.15. The van der Waals surface area contributed by atoms with Gasteiger partial charge in [-0.15, -0.1) is 11.6 Å². The lowest BCUT2D eigenvalue weighted by Crippen LogP contribution is -2.44. The van der Waals surface area contributed by atoms with E-state index in [1.807, 2.05) is 0 Å². The van der Waals surface area contributed by atoms with E-state index in [-0.39, 0.29) is 19.0 Å². The average molecular weight is 235 g/mol. The molecule has 0 saturated heterocycles. The third kappa shape index (κ3) is 6.09. The molecule has 0 aliphatic carbocycles. The Morgan fingerprint density at radius 1 is 1.60 bits per heavy atom. The summed E-state index contributed by atoms with van der Waals surface area (Å²) in [7, 11) is 0. The molecule has 86 valence electrons. The van der Waals surface area contributed by atoms with Crippen LogP contribution in [-0.4, -0.2) is 36.9 Å². The zero-order valence-corrected chi connectivity index (χ0v) is 9.13. The average Bonchev–Trinajstić information content (AvgIpc) is 2.24. The first-order valence-corrected chi connectivity index (χ1v) is 5.02. The molecule has 0 aromatic carbocycles. The van der Waals surface area contributed by atoms with Crippen molar-refractivity contribution in [1.82, 2.24) is 5.32 Å². The summed E-state index contributed by atoms with van der Waals surface area (Å²) in [5.74, 6) is -0.698. The van der Waals surface area contributed by atoms with E-state index in [9.17, 15) is 9.59 Å². The highest BCUT2D eigenvalue weighted by atomic mass is 35.5. The smallest absolute Gasteiger partial charge is 0.328 e. The first-order valence-electron chi connectivity index (χ1n) is 4.48. The molecule has 0 spiro atoms. The number of nitrogens with two attached hydrogens (primary N) is 1. The molecule has 0 bridgehead atoms. The summed E-state index contributed by atoms with van der Waals surface area (Å²) < 4.78 is 4.78. The number of rotatable bonds is 7. The molecule has 1 amide bonds. The molecule has 6 heteroatoms. The topological polar surface area (TPSA) is 81.4 Å². The second-order valence-electron chi connectivity index (χ2n) is 2.72. The fourth-order valence-electron chi connectivity index (χ4n) is 0.853. The molecule has 0 aliphatic rings. The molecule has 1 atom stereocenters. The summed E-state index contributed by atoms with van der Waals surface area (Å²) in [5, 5.41) is 2.42. The predicted octanol–water partition coefficient (Wildman–Crippen LogP) is -0.212. The van der Waals surface area contributed by atoms with Gasteiger partial charge >= 0.3 is 5.97 Å². The van der Waals surface area contributed by atoms with Crippen LogP contribution in [0.5, 0.6) is 0 Å². The highest BCUT2D eigenvalue weighted by Crippen LogP contribution is 1.98. The van der Waals surface area contributed by atoms with Crippen LogP contribution in [-0.2, 0) is 14.3 Å². The molecule has 0 aromatic rings. The Balaban J connectivity index is 4.17. The van der Waals surface area contributed by atoms with Crippen LogP contribution < -0.4 is 11.1 Å². The quantitative estimate of drug-likeness (QED) is 0.363. The molecule has 0 aromatic heterocycles. The monoisotopic (exact) mass is 234 g/mol. The molecule has 1 unspecified atom stereocenters. The van der Waals surface area contributed by atoms with Gasteiger partial charge in [-0.1, -0.05) is 12.7 Å². The van der Waals surface area contributed by atoms with Gasteiger partial charge in [-0.2, -0.15) is 0 Å². The summed E-state index contributed by atoms with van der Waals surface area (Å²) in [6.45, 7) is 3.34. The van der Waals surface area contributed by atoms with Crippen molar-refractivity contribution in [1.29, 1.82) is 0 Å². The first kappa shape index (κ1) is 13.9. The zero-order chi connectivity index (χ0) is 11.7. The van der Waals surface area contributed by atoms with Crippen molar-refractivity contribution in [2.45, 2.75) is 12.5 Å². The molecule has 0 fully saturated rings. The summed E-state index contributed by atoms with van der Waals surface area (Å²) in [4.78, 5) is 22.3. The predicted molar refractivity (Wildman–Crippen MR) is 57.5 cm³/mol. The maximum atomic E-state index is 11.4. The number of halogens is 1. The molecule has 15 heavy (non-hydrogen) atoms. The van der Waals surface area contributed by atoms with Crippen molar-refractivity contribution in [3.8, 4) is 0 Å². The summed E-state index contributed by atoms with van der Waals surface area (Å²) >= 11 is 5.49. The largest absolute Gasteiger partial charge is 0.460 e. The number of amides is 1. The first-order chi connectivity index (χ1) is 7.15. The number of esters is 1. The Hall–Kier alpha value is -1.07. The van der Waals surface area contributed by atoms with Crippen LogP contribution in [0.3, 0.4) is 0 Å². The van der Waals surface area contributed by atoms with E-state index < -0.39 is 17.9 Å². The number of carbonyl (C=O) groups is 2. The van der Waals surface area contributed by atoms with Crippen LogP contribution in [0, 0.1) is 0 Å². The number of carbonyl (C=O) groups excluding carboxylic acids is 2. The van der Waals surface area contributed by atoms with Gasteiger partial charge in [0.1, 0.15) is 12.6 Å². The van der Waals surface area contributed by atoms with Gasteiger partial charge in [0, 0.05) is 5.88 Å². The third-order valence-electron chi connectivity index (χ3n) is 1.55. The van der Waals surface area contributed by atoms with Crippen LogP contribution in [0.4, 0.5) is 0 Å². The molecular weight excluding hydrogens is 220 g/mol. The second kappa shape index (κ2) is 8.26. The van der Waals surface area contributed by atoms with Gasteiger partial charge in [0.05, 0.1) is 6.54 Å². The van der Waals surface area contributed by atoms with Crippen molar-refractivity contribution in [3.63, 3.8) is 0 Å². The van der Waals surface area contributed by atoms with Crippen LogP contribution in [0.15, 0.2) is 12.7 Å². The van der Waals surface area contributed by atoms with Gasteiger partial charge in [-0.25, -0.2) is 4.79 Å². The molecule has 5 nitrogen and oxygen atoms in total. The van der Waals surface area contributed by atoms with E-state index in [1.165, 1.54) is 6.08 Å². The molecule has 0 aliphatic heterocycles. The Morgan fingerprint density at radius 3 is 2.73 bits per heavy atom. The number of hydrogen-bond donors (Lipinski definition) is 2. The van der Waals surface area contributed by atoms with Crippen LogP contribution in [0.1, 0.15) is 6.42 Å². The molecule has 0 saturated carbocycles. The fraction of sp³-hybridized carbons (Fsp3) is 0.556. The van der Waals surface area contributed by atoms with Crippen molar-refractivity contribution >= 4 is 23.5 Å². The molecule has 0 radical (unpaired) electrons. The minimum Gasteiger partial charge on any atom is -0.460 e. The lowest BCUT2D eigenvalue weighted by molar-refractivity contribution is -0.146. The zero-order valence-electron chi connectivity index (χ0n) is 8.37. The van der Waals surface area contributed by atoms with E-state index >= 15 is 0 Å². The van der Waals surface area contributed by atoms with E-state index in [1.54, 1.807) is 0 Å². The van der Waals surface area contributed by atoms with Crippen LogP contribution in [0.25, 0.3) is 0 Å². The Bertz CT molecular complexity index is 233. The minimum atomic E-state index is -0.738. The third-order valence-corrected chi connectivity index (χ3v) is 1.76. The molecule has 3 N–H and O–H groups in total. The van der Waals surface area contributed by atoms with Gasteiger partial charge < -0.3 is 15.8 Å². The number of nitrogens with one attached hydrogen (secondary N) is 1. The minimum absolute atomic E-state index is 0.107. The molecule has 0 rings (SSSR count). The lowest BCUT2D eigenvalue weighted by atomic mass is 10.2. The van der Waals surface area contributed by atoms with Crippen molar-refractivity contribution in [2.75, 3.05) is 19.0 Å². The van der Waals surface area contributed by atoms with Gasteiger partial charge in [-0.3, -0.25) is 4.79 Å². The number of hydrogen-bond acceptors (Lipinski definition) is 4. The van der Waals surface area contributed by atoms with Gasteiger partial charge in [0.25, 0.3) is 0 Å². The van der Waals surface area contributed by atoms with E-state index in [2.05, 4.69) is 11.9 Å². The van der Waals surface area contributed by atoms with Gasteiger partial charge in [0.15, 0.2) is 0 Å². The molecule has 0 heterocycles. The van der Waals surface area contributed by atoms with Gasteiger partial charge in [0.2, 0.25) is 5.91 Å². The summed E-state index contributed by atoms with van der Waals surface area (Å²) in [6.07, 6.45) is 1.75. The van der Waals surface area contributed by atoms with Crippen molar-refractivity contribution in [2.24, 2.45) is 5.73 Å².